The first-order valence-electron chi connectivity index (χ1n) is 8.59. The van der Waals surface area contributed by atoms with Crippen LogP contribution in [-0.4, -0.2) is 44.8 Å². The number of amides is 1. The Labute approximate surface area is 172 Å². The van der Waals surface area contributed by atoms with Crippen molar-refractivity contribution >= 4 is 17.7 Å². The highest BCUT2D eigenvalue weighted by atomic mass is 32.2. The van der Waals surface area contributed by atoms with Crippen LogP contribution in [0.25, 0.3) is 5.69 Å². The van der Waals surface area contributed by atoms with Gasteiger partial charge in [0.05, 0.1) is 11.4 Å². The Morgan fingerprint density at radius 3 is 2.47 bits per heavy atom. The lowest BCUT2D eigenvalue weighted by molar-refractivity contribution is -0.274. The zero-order chi connectivity index (χ0) is 21.6. The summed E-state index contributed by atoms with van der Waals surface area (Å²) in [4.78, 5) is 12.0. The van der Waals surface area contributed by atoms with Crippen LogP contribution in [0.5, 0.6) is 5.75 Å². The SMILES string of the molecule is O=C(CSc1nnnn1-c1ccc(OC(F)(F)F)cc1)NCCc1ccc(F)cc1. The van der Waals surface area contributed by atoms with Gasteiger partial charge in [-0.2, -0.15) is 4.68 Å². The minimum absolute atomic E-state index is 0.0407. The maximum absolute atomic E-state index is 12.9. The molecule has 0 spiro atoms. The first-order valence-corrected chi connectivity index (χ1v) is 9.57. The molecule has 1 N–H and O–H groups in total. The molecular weight excluding hydrogens is 426 g/mol. The maximum Gasteiger partial charge on any atom is 0.573 e. The van der Waals surface area contributed by atoms with Gasteiger partial charge in [-0.1, -0.05) is 23.9 Å². The van der Waals surface area contributed by atoms with Crippen LogP contribution < -0.4 is 10.1 Å². The Morgan fingerprint density at radius 2 is 1.80 bits per heavy atom. The summed E-state index contributed by atoms with van der Waals surface area (Å²) < 4.78 is 54.7. The van der Waals surface area contributed by atoms with Gasteiger partial charge in [-0.05, 0) is 58.8 Å². The number of nitrogens with zero attached hydrogens (tertiary/aromatic N) is 4. The zero-order valence-electron chi connectivity index (χ0n) is 15.3. The molecule has 3 rings (SSSR count). The smallest absolute Gasteiger partial charge is 0.406 e. The number of hydrogen-bond donors (Lipinski definition) is 1. The number of thioether (sulfide) groups is 1. The number of nitrogens with one attached hydrogen (secondary N) is 1. The van der Waals surface area contributed by atoms with E-state index in [1.165, 1.54) is 28.9 Å². The fraction of sp³-hybridized carbons (Fsp3) is 0.222. The molecule has 0 aliphatic carbocycles. The average molecular weight is 441 g/mol. The van der Waals surface area contributed by atoms with Gasteiger partial charge in [0.2, 0.25) is 11.1 Å². The van der Waals surface area contributed by atoms with Gasteiger partial charge in [0.25, 0.3) is 0 Å². The number of halogens is 4. The molecular formula is C18H15F4N5O2S. The monoisotopic (exact) mass is 441 g/mol. The third-order valence-corrected chi connectivity index (χ3v) is 4.66. The molecule has 158 valence electrons. The van der Waals surface area contributed by atoms with Gasteiger partial charge in [0, 0.05) is 6.54 Å². The average Bonchev–Trinajstić information content (AvgIpc) is 3.16. The molecule has 12 heteroatoms. The lowest BCUT2D eigenvalue weighted by Crippen LogP contribution is -2.27. The number of rotatable bonds is 8. The maximum atomic E-state index is 12.9. The molecule has 0 unspecified atom stereocenters. The molecule has 7 nitrogen and oxygen atoms in total. The summed E-state index contributed by atoms with van der Waals surface area (Å²) in [6, 6.07) is 11.0. The van der Waals surface area contributed by atoms with Gasteiger partial charge >= 0.3 is 6.36 Å². The second-order valence-corrected chi connectivity index (χ2v) is 6.87. The Morgan fingerprint density at radius 1 is 1.10 bits per heavy atom. The second kappa shape index (κ2) is 9.57. The number of carbonyl (C=O) groups is 1. The van der Waals surface area contributed by atoms with Crippen LogP contribution in [0.1, 0.15) is 5.56 Å². The van der Waals surface area contributed by atoms with Crippen molar-refractivity contribution in [3.05, 3.63) is 59.9 Å². The van der Waals surface area contributed by atoms with Crippen LogP contribution in [0.2, 0.25) is 0 Å². The number of aromatic nitrogens is 4. The zero-order valence-corrected chi connectivity index (χ0v) is 16.1. The molecule has 3 aromatic rings. The van der Waals surface area contributed by atoms with E-state index in [2.05, 4.69) is 25.6 Å². The van der Waals surface area contributed by atoms with Crippen molar-refractivity contribution in [1.82, 2.24) is 25.5 Å². The largest absolute Gasteiger partial charge is 0.573 e. The first kappa shape index (κ1) is 21.6. The Hall–Kier alpha value is -3.15. The lowest BCUT2D eigenvalue weighted by atomic mass is 10.1. The van der Waals surface area contributed by atoms with Crippen LogP contribution in [0.15, 0.2) is 53.7 Å². The summed E-state index contributed by atoms with van der Waals surface area (Å²) in [5, 5.41) is 14.2. The molecule has 1 heterocycles. The van der Waals surface area contributed by atoms with E-state index >= 15 is 0 Å². The van der Waals surface area contributed by atoms with E-state index < -0.39 is 6.36 Å². The molecule has 30 heavy (non-hydrogen) atoms. The van der Waals surface area contributed by atoms with Gasteiger partial charge in [0.15, 0.2) is 0 Å². The van der Waals surface area contributed by atoms with Crippen molar-refractivity contribution in [2.45, 2.75) is 17.9 Å². The summed E-state index contributed by atoms with van der Waals surface area (Å²) in [5.41, 5.74) is 1.31. The third kappa shape index (κ3) is 6.44. The highest BCUT2D eigenvalue weighted by Gasteiger charge is 2.31. The third-order valence-electron chi connectivity index (χ3n) is 3.74. The molecule has 2 aromatic carbocycles. The Bertz CT molecular complexity index is 977. The molecule has 0 aliphatic heterocycles. The van der Waals surface area contributed by atoms with Crippen LogP contribution in [0, 0.1) is 5.82 Å². The van der Waals surface area contributed by atoms with E-state index in [0.717, 1.165) is 29.5 Å². The fourth-order valence-electron chi connectivity index (χ4n) is 2.40. The summed E-state index contributed by atoms with van der Waals surface area (Å²) >= 11 is 1.07. The number of carbonyl (C=O) groups excluding carboxylic acids is 1. The van der Waals surface area contributed by atoms with Crippen molar-refractivity contribution in [2.24, 2.45) is 0 Å². The van der Waals surface area contributed by atoms with E-state index in [-0.39, 0.29) is 23.2 Å². The number of alkyl halides is 3. The van der Waals surface area contributed by atoms with Crippen molar-refractivity contribution in [3.63, 3.8) is 0 Å². The highest BCUT2D eigenvalue weighted by Crippen LogP contribution is 2.24. The van der Waals surface area contributed by atoms with E-state index in [0.29, 0.717) is 23.8 Å². The van der Waals surface area contributed by atoms with E-state index in [1.807, 2.05) is 0 Å². The van der Waals surface area contributed by atoms with Gasteiger partial charge in [-0.15, -0.1) is 18.3 Å². The second-order valence-electron chi connectivity index (χ2n) is 5.93. The summed E-state index contributed by atoms with van der Waals surface area (Å²) in [6.07, 6.45) is -4.22. The van der Waals surface area contributed by atoms with E-state index in [9.17, 15) is 22.4 Å². The molecule has 0 aliphatic rings. The number of ether oxygens (including phenoxy) is 1. The van der Waals surface area contributed by atoms with Crippen molar-refractivity contribution < 1.29 is 27.1 Å². The van der Waals surface area contributed by atoms with Crippen molar-refractivity contribution in [1.29, 1.82) is 0 Å². The summed E-state index contributed by atoms with van der Waals surface area (Å²) in [5.74, 6) is -0.891. The van der Waals surface area contributed by atoms with E-state index in [4.69, 9.17) is 0 Å². The fourth-order valence-corrected chi connectivity index (χ4v) is 3.12. The van der Waals surface area contributed by atoms with Crippen LogP contribution in [0.3, 0.4) is 0 Å². The highest BCUT2D eigenvalue weighted by molar-refractivity contribution is 7.99. The predicted octanol–water partition coefficient (Wildman–Crippen LogP) is 3.15. The summed E-state index contributed by atoms with van der Waals surface area (Å²) in [7, 11) is 0. The van der Waals surface area contributed by atoms with Gasteiger partial charge in [-0.25, -0.2) is 4.39 Å². The van der Waals surface area contributed by atoms with Gasteiger partial charge < -0.3 is 10.1 Å². The number of benzene rings is 2. The molecule has 0 radical (unpaired) electrons. The molecule has 0 atom stereocenters. The van der Waals surface area contributed by atoms with Crippen molar-refractivity contribution in [2.75, 3.05) is 12.3 Å². The first-order chi connectivity index (χ1) is 14.3. The van der Waals surface area contributed by atoms with E-state index in [1.54, 1.807) is 12.1 Å². The van der Waals surface area contributed by atoms with Crippen LogP contribution in [-0.2, 0) is 11.2 Å². The normalized spacial score (nSPS) is 11.3. The Balaban J connectivity index is 1.50. The standard InChI is InChI=1S/C18H15F4N5O2S/c19-13-3-1-12(2-4-13)9-10-23-16(28)11-30-17-24-25-26-27(17)14-5-7-15(8-6-14)29-18(20,21)22/h1-8H,9-11H2,(H,23,28). The molecule has 0 bridgehead atoms. The van der Waals surface area contributed by atoms with Crippen molar-refractivity contribution in [3.8, 4) is 11.4 Å². The Kier molecular flexibility index (Phi) is 6.87. The summed E-state index contributed by atoms with van der Waals surface area (Å²) in [6.45, 7) is 0.386. The molecule has 1 aromatic heterocycles. The minimum Gasteiger partial charge on any atom is -0.406 e. The molecule has 0 saturated carbocycles. The molecule has 0 fully saturated rings. The topological polar surface area (TPSA) is 81.9 Å². The van der Waals surface area contributed by atoms with Crippen LogP contribution >= 0.6 is 11.8 Å². The number of tetrazole rings is 1. The van der Waals surface area contributed by atoms with Gasteiger partial charge in [0.1, 0.15) is 11.6 Å². The number of hydrogen-bond acceptors (Lipinski definition) is 6. The van der Waals surface area contributed by atoms with Gasteiger partial charge in [-0.3, -0.25) is 4.79 Å². The van der Waals surface area contributed by atoms with Crippen LogP contribution in [0.4, 0.5) is 17.6 Å². The predicted molar refractivity (Wildman–Crippen MR) is 99.7 cm³/mol. The lowest BCUT2D eigenvalue weighted by Gasteiger charge is -2.09. The molecule has 0 saturated heterocycles. The quantitative estimate of drug-likeness (QED) is 0.427. The molecule has 1 amide bonds. The minimum atomic E-state index is -4.78.